The zero-order valence-electron chi connectivity index (χ0n) is 16.9. The summed E-state index contributed by atoms with van der Waals surface area (Å²) in [7, 11) is 0. The SMILES string of the molecule is CC(=O)Nc1ccc(C)c(NC(=O)NCC2CN(Cc3ccccc3)CCO2)c1. The molecule has 7 heteroatoms. The summed E-state index contributed by atoms with van der Waals surface area (Å²) in [6.45, 7) is 6.96. The average molecular weight is 396 g/mol. The predicted molar refractivity (Wildman–Crippen MR) is 114 cm³/mol. The van der Waals surface area contributed by atoms with E-state index >= 15 is 0 Å². The van der Waals surface area contributed by atoms with Crippen LogP contribution in [0.4, 0.5) is 16.2 Å². The number of carbonyl (C=O) groups excluding carboxylic acids is 2. The summed E-state index contributed by atoms with van der Waals surface area (Å²) in [5.74, 6) is -0.154. The molecule has 1 fully saturated rings. The van der Waals surface area contributed by atoms with Crippen molar-refractivity contribution < 1.29 is 14.3 Å². The fourth-order valence-corrected chi connectivity index (χ4v) is 3.30. The van der Waals surface area contributed by atoms with E-state index in [2.05, 4.69) is 33.0 Å². The highest BCUT2D eigenvalue weighted by Gasteiger charge is 2.21. The second kappa shape index (κ2) is 10.0. The molecule has 29 heavy (non-hydrogen) atoms. The Kier molecular flexibility index (Phi) is 7.21. The minimum absolute atomic E-state index is 0.0509. The van der Waals surface area contributed by atoms with Crippen molar-refractivity contribution in [1.29, 1.82) is 0 Å². The monoisotopic (exact) mass is 396 g/mol. The summed E-state index contributed by atoms with van der Waals surface area (Å²) in [4.78, 5) is 25.9. The number of anilines is 2. The Morgan fingerprint density at radius 3 is 2.69 bits per heavy atom. The summed E-state index contributed by atoms with van der Waals surface area (Å²) < 4.78 is 5.80. The molecule has 3 rings (SSSR count). The Hall–Kier alpha value is -2.90. The van der Waals surface area contributed by atoms with Crippen LogP contribution in [0.25, 0.3) is 0 Å². The van der Waals surface area contributed by atoms with Crippen LogP contribution >= 0.6 is 0 Å². The van der Waals surface area contributed by atoms with Crippen LogP contribution in [0.2, 0.25) is 0 Å². The standard InChI is InChI=1S/C22H28N4O3/c1-16-8-9-19(24-17(2)27)12-21(16)25-22(28)23-13-20-15-26(10-11-29-20)14-18-6-4-3-5-7-18/h3-9,12,20H,10-11,13-15H2,1-2H3,(H,24,27)(H2,23,25,28). The number of rotatable bonds is 6. The molecule has 1 heterocycles. The number of ether oxygens (including phenoxy) is 1. The third-order valence-corrected chi connectivity index (χ3v) is 4.77. The number of carbonyl (C=O) groups is 2. The molecule has 0 radical (unpaired) electrons. The van der Waals surface area contributed by atoms with Crippen LogP contribution in [-0.4, -0.2) is 49.2 Å². The van der Waals surface area contributed by atoms with Crippen molar-refractivity contribution in [1.82, 2.24) is 10.2 Å². The first-order valence-corrected chi connectivity index (χ1v) is 9.80. The van der Waals surface area contributed by atoms with Crippen molar-refractivity contribution in [3.63, 3.8) is 0 Å². The number of hydrogen-bond acceptors (Lipinski definition) is 4. The van der Waals surface area contributed by atoms with Crippen LogP contribution in [0.3, 0.4) is 0 Å². The third kappa shape index (κ3) is 6.58. The van der Waals surface area contributed by atoms with Gasteiger partial charge in [-0.1, -0.05) is 36.4 Å². The van der Waals surface area contributed by atoms with Gasteiger partial charge in [0.1, 0.15) is 0 Å². The number of morpholine rings is 1. The molecular formula is C22H28N4O3. The van der Waals surface area contributed by atoms with Gasteiger partial charge in [-0.15, -0.1) is 0 Å². The van der Waals surface area contributed by atoms with Gasteiger partial charge in [0.25, 0.3) is 0 Å². The number of hydrogen-bond donors (Lipinski definition) is 3. The Labute approximate surface area is 171 Å². The molecular weight excluding hydrogens is 368 g/mol. The van der Waals surface area contributed by atoms with Gasteiger partial charge in [0.05, 0.1) is 12.7 Å². The first-order valence-electron chi connectivity index (χ1n) is 9.80. The summed E-state index contributed by atoms with van der Waals surface area (Å²) in [6, 6.07) is 15.4. The lowest BCUT2D eigenvalue weighted by Crippen LogP contribution is -2.47. The maximum Gasteiger partial charge on any atom is 0.319 e. The van der Waals surface area contributed by atoms with Gasteiger partial charge < -0.3 is 20.7 Å². The number of amides is 3. The van der Waals surface area contributed by atoms with Gasteiger partial charge in [-0.3, -0.25) is 9.69 Å². The fourth-order valence-electron chi connectivity index (χ4n) is 3.30. The topological polar surface area (TPSA) is 82.7 Å². The molecule has 0 bridgehead atoms. The fraction of sp³-hybridized carbons (Fsp3) is 0.364. The summed E-state index contributed by atoms with van der Waals surface area (Å²) in [5.41, 5.74) is 3.49. The maximum atomic E-state index is 12.3. The summed E-state index contributed by atoms with van der Waals surface area (Å²) in [5, 5.41) is 8.45. The van der Waals surface area contributed by atoms with Crippen molar-refractivity contribution in [2.24, 2.45) is 0 Å². The van der Waals surface area contributed by atoms with E-state index < -0.39 is 0 Å². The quantitative estimate of drug-likeness (QED) is 0.701. The molecule has 0 aliphatic carbocycles. The first-order chi connectivity index (χ1) is 14.0. The zero-order chi connectivity index (χ0) is 20.6. The van der Waals surface area contributed by atoms with Crippen molar-refractivity contribution in [2.75, 3.05) is 36.9 Å². The molecule has 0 saturated carbocycles. The van der Waals surface area contributed by atoms with Crippen molar-refractivity contribution >= 4 is 23.3 Å². The number of benzene rings is 2. The van der Waals surface area contributed by atoms with E-state index in [9.17, 15) is 9.59 Å². The van der Waals surface area contributed by atoms with Crippen molar-refractivity contribution in [2.45, 2.75) is 26.5 Å². The second-order valence-electron chi connectivity index (χ2n) is 7.26. The first kappa shape index (κ1) is 20.8. The molecule has 1 aliphatic rings. The zero-order valence-corrected chi connectivity index (χ0v) is 16.9. The van der Waals surface area contributed by atoms with Gasteiger partial charge in [0.2, 0.25) is 5.91 Å². The molecule has 2 aromatic carbocycles. The highest BCUT2D eigenvalue weighted by molar-refractivity contribution is 5.93. The van der Waals surface area contributed by atoms with Crippen LogP contribution in [0, 0.1) is 6.92 Å². The Morgan fingerprint density at radius 1 is 1.14 bits per heavy atom. The number of nitrogens with zero attached hydrogens (tertiary/aromatic N) is 1. The van der Waals surface area contributed by atoms with E-state index in [1.165, 1.54) is 12.5 Å². The summed E-state index contributed by atoms with van der Waals surface area (Å²) in [6.07, 6.45) is -0.0509. The van der Waals surface area contributed by atoms with Gasteiger partial charge in [-0.25, -0.2) is 4.79 Å². The van der Waals surface area contributed by atoms with E-state index in [1.807, 2.05) is 31.2 Å². The second-order valence-corrected chi connectivity index (χ2v) is 7.26. The highest BCUT2D eigenvalue weighted by Crippen LogP contribution is 2.20. The molecule has 1 atom stereocenters. The number of aryl methyl sites for hydroxylation is 1. The minimum Gasteiger partial charge on any atom is -0.374 e. The molecule has 3 N–H and O–H groups in total. The van der Waals surface area contributed by atoms with E-state index in [-0.39, 0.29) is 18.0 Å². The Balaban J connectivity index is 1.48. The largest absolute Gasteiger partial charge is 0.374 e. The van der Waals surface area contributed by atoms with Gasteiger partial charge >= 0.3 is 6.03 Å². The molecule has 0 aromatic heterocycles. The van der Waals surface area contributed by atoms with Crippen LogP contribution in [0.15, 0.2) is 48.5 Å². The molecule has 154 valence electrons. The lowest BCUT2D eigenvalue weighted by Gasteiger charge is -2.33. The number of urea groups is 1. The molecule has 7 nitrogen and oxygen atoms in total. The Morgan fingerprint density at radius 2 is 1.93 bits per heavy atom. The van der Waals surface area contributed by atoms with Crippen LogP contribution in [-0.2, 0) is 16.1 Å². The van der Waals surface area contributed by atoms with Crippen molar-refractivity contribution in [3.8, 4) is 0 Å². The molecule has 2 aromatic rings. The lowest BCUT2D eigenvalue weighted by atomic mass is 10.2. The molecule has 3 amide bonds. The van der Waals surface area contributed by atoms with Gasteiger partial charge in [0.15, 0.2) is 0 Å². The van der Waals surface area contributed by atoms with Crippen LogP contribution in [0.5, 0.6) is 0 Å². The average Bonchev–Trinajstić information content (AvgIpc) is 2.70. The highest BCUT2D eigenvalue weighted by atomic mass is 16.5. The normalized spacial score (nSPS) is 16.8. The van der Waals surface area contributed by atoms with E-state index in [0.717, 1.165) is 25.2 Å². The third-order valence-electron chi connectivity index (χ3n) is 4.77. The smallest absolute Gasteiger partial charge is 0.319 e. The van der Waals surface area contributed by atoms with E-state index in [1.54, 1.807) is 12.1 Å². The van der Waals surface area contributed by atoms with Crippen LogP contribution in [0.1, 0.15) is 18.1 Å². The lowest BCUT2D eigenvalue weighted by molar-refractivity contribution is -0.114. The maximum absolute atomic E-state index is 12.3. The van der Waals surface area contributed by atoms with Gasteiger partial charge in [-0.05, 0) is 30.2 Å². The van der Waals surface area contributed by atoms with Crippen LogP contribution < -0.4 is 16.0 Å². The molecule has 0 spiro atoms. The van der Waals surface area contributed by atoms with E-state index in [4.69, 9.17) is 4.74 Å². The molecule has 1 saturated heterocycles. The predicted octanol–water partition coefficient (Wildman–Crippen LogP) is 2.98. The minimum atomic E-state index is -0.295. The Bertz CT molecular complexity index is 841. The van der Waals surface area contributed by atoms with Crippen molar-refractivity contribution in [3.05, 3.63) is 59.7 Å². The molecule has 1 unspecified atom stereocenters. The number of nitrogens with one attached hydrogen (secondary N) is 3. The summed E-state index contributed by atoms with van der Waals surface area (Å²) >= 11 is 0. The molecule has 1 aliphatic heterocycles. The van der Waals surface area contributed by atoms with Gasteiger partial charge in [-0.2, -0.15) is 0 Å². The van der Waals surface area contributed by atoms with E-state index in [0.29, 0.717) is 24.5 Å². The van der Waals surface area contributed by atoms with Gasteiger partial charge in [0, 0.05) is 44.5 Å².